The molecule has 1 amide bonds. The number of nitrogens with zero attached hydrogens (tertiary/aromatic N) is 1. The van der Waals surface area contributed by atoms with Gasteiger partial charge in [-0.3, -0.25) is 4.79 Å². The van der Waals surface area contributed by atoms with Crippen LogP contribution in [0.15, 0.2) is 18.2 Å². The zero-order valence-corrected chi connectivity index (χ0v) is 8.44. The number of benzene rings is 1. The van der Waals surface area contributed by atoms with Crippen molar-refractivity contribution in [2.45, 2.75) is 12.8 Å². The van der Waals surface area contributed by atoms with Crippen molar-refractivity contribution in [2.24, 2.45) is 0 Å². The summed E-state index contributed by atoms with van der Waals surface area (Å²) < 4.78 is 0. The second-order valence-corrected chi connectivity index (χ2v) is 3.79. The molecule has 0 unspecified atom stereocenters. The molecule has 1 saturated heterocycles. The number of aromatic hydroxyl groups is 1. The second kappa shape index (κ2) is 3.81. The summed E-state index contributed by atoms with van der Waals surface area (Å²) in [6, 6.07) is 4.72. The van der Waals surface area contributed by atoms with Gasteiger partial charge < -0.3 is 15.7 Å². The topological polar surface area (TPSA) is 66.6 Å². The average Bonchev–Trinajstić information content (AvgIpc) is 2.07. The van der Waals surface area contributed by atoms with Crippen molar-refractivity contribution in [3.8, 4) is 5.75 Å². The minimum absolute atomic E-state index is 0.110. The van der Waals surface area contributed by atoms with Gasteiger partial charge in [0.25, 0.3) is 0 Å². The number of carbonyl (C=O) groups is 1. The van der Waals surface area contributed by atoms with Crippen molar-refractivity contribution in [2.75, 3.05) is 18.8 Å². The Hall–Kier alpha value is -1.71. The molecule has 0 atom stereocenters. The molecule has 2 rings (SSSR count). The minimum Gasteiger partial charge on any atom is -0.508 e. The molecular formula is C11H14N2O2. The van der Waals surface area contributed by atoms with Gasteiger partial charge in [-0.1, -0.05) is 6.07 Å². The van der Waals surface area contributed by atoms with Crippen LogP contribution in [0, 0.1) is 0 Å². The summed E-state index contributed by atoms with van der Waals surface area (Å²) in [5.74, 6) is 0.242. The molecular weight excluding hydrogens is 192 g/mol. The summed E-state index contributed by atoms with van der Waals surface area (Å²) in [4.78, 5) is 13.5. The van der Waals surface area contributed by atoms with E-state index in [1.165, 1.54) is 6.07 Å². The third-order valence-corrected chi connectivity index (χ3v) is 2.68. The Morgan fingerprint density at radius 3 is 2.73 bits per heavy atom. The molecule has 15 heavy (non-hydrogen) atoms. The van der Waals surface area contributed by atoms with Crippen LogP contribution < -0.4 is 5.73 Å². The van der Waals surface area contributed by atoms with Gasteiger partial charge in [-0.05, 0) is 18.1 Å². The van der Waals surface area contributed by atoms with Gasteiger partial charge in [-0.15, -0.1) is 0 Å². The maximum Gasteiger partial charge on any atom is 0.227 e. The Labute approximate surface area is 88.3 Å². The first kappa shape index (κ1) is 9.83. The van der Waals surface area contributed by atoms with E-state index in [9.17, 15) is 4.79 Å². The molecule has 0 bridgehead atoms. The minimum atomic E-state index is 0.110. The van der Waals surface area contributed by atoms with Gasteiger partial charge in [0.1, 0.15) is 5.75 Å². The van der Waals surface area contributed by atoms with Crippen LogP contribution >= 0.6 is 0 Å². The molecule has 4 nitrogen and oxygen atoms in total. The van der Waals surface area contributed by atoms with Crippen LogP contribution in [0.3, 0.4) is 0 Å². The number of rotatable bonds is 2. The molecule has 4 heteroatoms. The predicted molar refractivity (Wildman–Crippen MR) is 57.4 cm³/mol. The van der Waals surface area contributed by atoms with Gasteiger partial charge >= 0.3 is 0 Å². The van der Waals surface area contributed by atoms with Gasteiger partial charge in [0.2, 0.25) is 5.91 Å². The Morgan fingerprint density at radius 2 is 2.20 bits per heavy atom. The molecule has 1 aromatic rings. The molecule has 1 aliphatic heterocycles. The molecule has 0 radical (unpaired) electrons. The molecule has 1 heterocycles. The number of likely N-dealkylation sites (tertiary alicyclic amines) is 1. The van der Waals surface area contributed by atoms with E-state index in [2.05, 4.69) is 0 Å². The number of anilines is 1. The maximum absolute atomic E-state index is 11.6. The van der Waals surface area contributed by atoms with Crippen molar-refractivity contribution in [1.82, 2.24) is 4.90 Å². The van der Waals surface area contributed by atoms with E-state index in [1.807, 2.05) is 4.90 Å². The number of amides is 1. The van der Waals surface area contributed by atoms with Crippen LogP contribution in [0.2, 0.25) is 0 Å². The highest BCUT2D eigenvalue weighted by molar-refractivity contribution is 5.81. The number of phenolic OH excluding ortho intramolecular Hbond substituents is 1. The fourth-order valence-corrected chi connectivity index (χ4v) is 1.58. The predicted octanol–water partition coefficient (Wildman–Crippen LogP) is 0.749. The molecule has 0 saturated carbocycles. The summed E-state index contributed by atoms with van der Waals surface area (Å²) in [6.45, 7) is 1.72. The third kappa shape index (κ3) is 2.03. The Kier molecular flexibility index (Phi) is 2.49. The normalized spacial score (nSPS) is 14.8. The van der Waals surface area contributed by atoms with Crippen molar-refractivity contribution >= 4 is 11.6 Å². The molecule has 0 aliphatic carbocycles. The van der Waals surface area contributed by atoms with Crippen molar-refractivity contribution in [1.29, 1.82) is 0 Å². The van der Waals surface area contributed by atoms with E-state index in [0.29, 0.717) is 12.1 Å². The number of phenols is 1. The lowest BCUT2D eigenvalue weighted by Crippen LogP contribution is -2.42. The van der Waals surface area contributed by atoms with Gasteiger partial charge in [-0.2, -0.15) is 0 Å². The van der Waals surface area contributed by atoms with E-state index in [0.717, 1.165) is 25.1 Å². The number of carbonyl (C=O) groups excluding carboxylic acids is 1. The maximum atomic E-state index is 11.6. The molecule has 0 aromatic heterocycles. The van der Waals surface area contributed by atoms with Crippen molar-refractivity contribution in [3.63, 3.8) is 0 Å². The van der Waals surface area contributed by atoms with Crippen LogP contribution in [0.25, 0.3) is 0 Å². The first-order valence-corrected chi connectivity index (χ1v) is 5.02. The van der Waals surface area contributed by atoms with Crippen LogP contribution in [0.5, 0.6) is 5.75 Å². The Bertz CT molecular complexity index is 386. The molecule has 3 N–H and O–H groups in total. The van der Waals surface area contributed by atoms with E-state index in [4.69, 9.17) is 10.8 Å². The lowest BCUT2D eigenvalue weighted by Gasteiger charge is -2.31. The highest BCUT2D eigenvalue weighted by atomic mass is 16.3. The zero-order chi connectivity index (χ0) is 10.8. The second-order valence-electron chi connectivity index (χ2n) is 3.79. The summed E-state index contributed by atoms with van der Waals surface area (Å²) in [5.41, 5.74) is 6.96. The summed E-state index contributed by atoms with van der Waals surface area (Å²) in [6.07, 6.45) is 1.42. The molecule has 80 valence electrons. The highest BCUT2D eigenvalue weighted by Gasteiger charge is 2.20. The largest absolute Gasteiger partial charge is 0.508 e. The number of hydrogen-bond acceptors (Lipinski definition) is 3. The fraction of sp³-hybridized carbons (Fsp3) is 0.364. The number of nitrogens with two attached hydrogens (primary N) is 1. The standard InChI is InChI=1S/C11H14N2O2/c12-10-7-9(14)3-2-8(10)6-11(15)13-4-1-5-13/h2-3,7,14H,1,4-6,12H2. The van der Waals surface area contributed by atoms with Crippen LogP contribution in [-0.2, 0) is 11.2 Å². The zero-order valence-electron chi connectivity index (χ0n) is 8.44. The Morgan fingerprint density at radius 1 is 1.47 bits per heavy atom. The van der Waals surface area contributed by atoms with Crippen LogP contribution in [0.1, 0.15) is 12.0 Å². The first-order chi connectivity index (χ1) is 7.16. The van der Waals surface area contributed by atoms with E-state index < -0.39 is 0 Å². The van der Waals surface area contributed by atoms with Crippen molar-refractivity contribution in [3.05, 3.63) is 23.8 Å². The fourth-order valence-electron chi connectivity index (χ4n) is 1.58. The van der Waals surface area contributed by atoms with Gasteiger partial charge in [-0.25, -0.2) is 0 Å². The number of nitrogen functional groups attached to an aromatic ring is 1. The molecule has 1 aromatic carbocycles. The summed E-state index contributed by atoms with van der Waals surface area (Å²) in [5, 5.41) is 9.16. The van der Waals surface area contributed by atoms with E-state index >= 15 is 0 Å². The lowest BCUT2D eigenvalue weighted by atomic mass is 10.1. The molecule has 1 aliphatic rings. The smallest absolute Gasteiger partial charge is 0.227 e. The van der Waals surface area contributed by atoms with Gasteiger partial charge in [0.15, 0.2) is 0 Å². The van der Waals surface area contributed by atoms with Gasteiger partial charge in [0.05, 0.1) is 6.42 Å². The lowest BCUT2D eigenvalue weighted by molar-refractivity contribution is -0.133. The SMILES string of the molecule is Nc1cc(O)ccc1CC(=O)N1CCC1. The van der Waals surface area contributed by atoms with E-state index in [-0.39, 0.29) is 11.7 Å². The van der Waals surface area contributed by atoms with Gasteiger partial charge in [0, 0.05) is 24.8 Å². The van der Waals surface area contributed by atoms with Crippen LogP contribution in [-0.4, -0.2) is 29.0 Å². The first-order valence-electron chi connectivity index (χ1n) is 5.02. The average molecular weight is 206 g/mol. The summed E-state index contributed by atoms with van der Waals surface area (Å²) >= 11 is 0. The van der Waals surface area contributed by atoms with Crippen molar-refractivity contribution < 1.29 is 9.90 Å². The number of hydrogen-bond donors (Lipinski definition) is 2. The summed E-state index contributed by atoms with van der Waals surface area (Å²) in [7, 11) is 0. The quantitative estimate of drug-likeness (QED) is 0.702. The molecule has 1 fully saturated rings. The highest BCUT2D eigenvalue weighted by Crippen LogP contribution is 2.20. The molecule has 0 spiro atoms. The van der Waals surface area contributed by atoms with Crippen LogP contribution in [0.4, 0.5) is 5.69 Å². The van der Waals surface area contributed by atoms with E-state index in [1.54, 1.807) is 12.1 Å². The third-order valence-electron chi connectivity index (χ3n) is 2.68. The monoisotopic (exact) mass is 206 g/mol. The Balaban J connectivity index is 2.06.